The van der Waals surface area contributed by atoms with Gasteiger partial charge < -0.3 is 19.7 Å². The Kier molecular flexibility index (Phi) is 6.45. The quantitative estimate of drug-likeness (QED) is 0.847. The summed E-state index contributed by atoms with van der Waals surface area (Å²) in [6.45, 7) is 5.86. The third-order valence-electron chi connectivity index (χ3n) is 4.30. The molecule has 6 nitrogen and oxygen atoms in total. The Hall–Kier alpha value is -3.02. The molecule has 0 heterocycles. The average Bonchev–Trinajstić information content (AvgIpc) is 2.63. The third kappa shape index (κ3) is 4.78. The van der Waals surface area contributed by atoms with Crippen molar-refractivity contribution in [2.75, 3.05) is 33.1 Å². The van der Waals surface area contributed by atoms with Crippen LogP contribution in [0.2, 0.25) is 0 Å². The number of nitrogens with one attached hydrogen (secondary N) is 1. The minimum atomic E-state index is -0.275. The normalized spacial score (nSPS) is 10.3. The molecule has 0 spiro atoms. The van der Waals surface area contributed by atoms with Crippen LogP contribution in [0.1, 0.15) is 27.0 Å². The molecule has 0 atom stereocenters. The van der Waals surface area contributed by atoms with Gasteiger partial charge in [0.2, 0.25) is 5.91 Å². The van der Waals surface area contributed by atoms with Gasteiger partial charge in [-0.25, -0.2) is 0 Å². The highest BCUT2D eigenvalue weighted by atomic mass is 16.5. The van der Waals surface area contributed by atoms with Gasteiger partial charge in [0.05, 0.1) is 20.8 Å². The number of rotatable bonds is 6. The van der Waals surface area contributed by atoms with Crippen molar-refractivity contribution < 1.29 is 19.1 Å². The summed E-state index contributed by atoms with van der Waals surface area (Å²) in [5, 5.41) is 2.91. The summed E-state index contributed by atoms with van der Waals surface area (Å²) < 4.78 is 10.4. The van der Waals surface area contributed by atoms with Crippen LogP contribution in [0.5, 0.6) is 11.5 Å². The summed E-state index contributed by atoms with van der Waals surface area (Å²) >= 11 is 0. The zero-order valence-electron chi connectivity index (χ0n) is 16.7. The van der Waals surface area contributed by atoms with Gasteiger partial charge in [-0.3, -0.25) is 9.59 Å². The molecule has 0 radical (unpaired) electrons. The van der Waals surface area contributed by atoms with E-state index in [1.54, 1.807) is 25.2 Å². The highest BCUT2D eigenvalue weighted by Crippen LogP contribution is 2.28. The van der Waals surface area contributed by atoms with Gasteiger partial charge in [0.15, 0.2) is 11.5 Å². The average molecular weight is 370 g/mol. The molecular weight excluding hydrogens is 344 g/mol. The van der Waals surface area contributed by atoms with Crippen molar-refractivity contribution in [2.45, 2.75) is 20.8 Å². The van der Waals surface area contributed by atoms with E-state index < -0.39 is 0 Å². The number of benzene rings is 2. The fraction of sp³-hybridized carbons (Fsp3) is 0.333. The van der Waals surface area contributed by atoms with Crippen molar-refractivity contribution in [2.24, 2.45) is 0 Å². The Morgan fingerprint density at radius 1 is 0.963 bits per heavy atom. The lowest BCUT2D eigenvalue weighted by molar-refractivity contribution is -0.116. The van der Waals surface area contributed by atoms with Gasteiger partial charge in [-0.15, -0.1) is 0 Å². The molecule has 0 saturated carbocycles. The number of hydrogen-bond acceptors (Lipinski definition) is 4. The first-order valence-electron chi connectivity index (χ1n) is 8.62. The molecular formula is C21H26N2O4. The number of hydrogen-bond donors (Lipinski definition) is 1. The Balaban J connectivity index is 2.09. The second-order valence-corrected chi connectivity index (χ2v) is 6.55. The number of carbonyl (C=O) groups excluding carboxylic acids is 2. The van der Waals surface area contributed by atoms with Crippen LogP contribution in [-0.2, 0) is 4.79 Å². The first-order valence-corrected chi connectivity index (χ1v) is 8.62. The maximum atomic E-state index is 12.6. The molecule has 2 rings (SSSR count). The molecule has 0 aliphatic heterocycles. The highest BCUT2D eigenvalue weighted by Gasteiger charge is 2.18. The predicted molar refractivity (Wildman–Crippen MR) is 106 cm³/mol. The maximum absolute atomic E-state index is 12.6. The number of nitrogens with zero attached hydrogens (tertiary/aromatic N) is 1. The predicted octanol–water partition coefficient (Wildman–Crippen LogP) is 3.34. The number of aryl methyl sites for hydroxylation is 3. The van der Waals surface area contributed by atoms with Crippen LogP contribution in [0.3, 0.4) is 0 Å². The maximum Gasteiger partial charge on any atom is 0.254 e. The summed E-state index contributed by atoms with van der Waals surface area (Å²) in [4.78, 5) is 26.4. The van der Waals surface area contributed by atoms with Crippen LogP contribution in [0.25, 0.3) is 0 Å². The fourth-order valence-electron chi connectivity index (χ4n) is 3.03. The number of methoxy groups -OCH3 is 2. The molecule has 27 heavy (non-hydrogen) atoms. The zero-order chi connectivity index (χ0) is 20.1. The van der Waals surface area contributed by atoms with E-state index >= 15 is 0 Å². The minimum Gasteiger partial charge on any atom is -0.493 e. The van der Waals surface area contributed by atoms with Gasteiger partial charge in [-0.2, -0.15) is 0 Å². The van der Waals surface area contributed by atoms with E-state index in [2.05, 4.69) is 5.32 Å². The van der Waals surface area contributed by atoms with E-state index in [0.717, 1.165) is 22.4 Å². The molecule has 6 heteroatoms. The van der Waals surface area contributed by atoms with Crippen molar-refractivity contribution >= 4 is 17.5 Å². The SMILES string of the molecule is COc1ccc(C(=O)N(C)CC(=O)Nc2c(C)cc(C)cc2C)cc1OC. The van der Waals surface area contributed by atoms with Gasteiger partial charge in [-0.05, 0) is 50.1 Å². The summed E-state index contributed by atoms with van der Waals surface area (Å²) in [5.74, 6) is 0.483. The molecule has 0 bridgehead atoms. The Bertz CT molecular complexity index is 838. The van der Waals surface area contributed by atoms with Crippen molar-refractivity contribution in [3.63, 3.8) is 0 Å². The van der Waals surface area contributed by atoms with E-state index in [-0.39, 0.29) is 18.4 Å². The van der Waals surface area contributed by atoms with Crippen LogP contribution in [-0.4, -0.2) is 44.5 Å². The molecule has 0 unspecified atom stereocenters. The third-order valence-corrected chi connectivity index (χ3v) is 4.30. The van der Waals surface area contributed by atoms with Gasteiger partial charge in [-0.1, -0.05) is 17.7 Å². The number of amides is 2. The van der Waals surface area contributed by atoms with E-state index in [1.165, 1.54) is 19.1 Å². The van der Waals surface area contributed by atoms with Crippen LogP contribution in [0.15, 0.2) is 30.3 Å². The molecule has 1 N–H and O–H groups in total. The number of anilines is 1. The topological polar surface area (TPSA) is 67.9 Å². The molecule has 0 saturated heterocycles. The summed E-state index contributed by atoms with van der Waals surface area (Å²) in [5.41, 5.74) is 4.34. The first-order chi connectivity index (χ1) is 12.8. The highest BCUT2D eigenvalue weighted by molar-refractivity contribution is 6.00. The van der Waals surface area contributed by atoms with Crippen molar-refractivity contribution in [3.8, 4) is 11.5 Å². The fourth-order valence-corrected chi connectivity index (χ4v) is 3.03. The first kappa shape index (κ1) is 20.3. The number of ether oxygens (including phenoxy) is 2. The van der Waals surface area contributed by atoms with Crippen molar-refractivity contribution in [1.82, 2.24) is 4.90 Å². The molecule has 0 aliphatic carbocycles. The van der Waals surface area contributed by atoms with Crippen molar-refractivity contribution in [3.05, 3.63) is 52.6 Å². The standard InChI is InChI=1S/C21H26N2O4/c1-13-9-14(2)20(15(3)10-13)22-19(24)12-23(4)21(25)16-7-8-17(26-5)18(11-16)27-6/h7-11H,12H2,1-6H3,(H,22,24). The molecule has 2 aromatic rings. The second kappa shape index (κ2) is 8.58. The van der Waals surface area contributed by atoms with E-state index in [0.29, 0.717) is 17.1 Å². The van der Waals surface area contributed by atoms with Gasteiger partial charge in [0, 0.05) is 18.3 Å². The molecule has 0 aliphatic rings. The van der Waals surface area contributed by atoms with Crippen LogP contribution >= 0.6 is 0 Å². The van der Waals surface area contributed by atoms with Gasteiger partial charge in [0.25, 0.3) is 5.91 Å². The largest absolute Gasteiger partial charge is 0.493 e. The van der Waals surface area contributed by atoms with Gasteiger partial charge >= 0.3 is 0 Å². The van der Waals surface area contributed by atoms with Gasteiger partial charge in [0.1, 0.15) is 0 Å². The Morgan fingerprint density at radius 2 is 1.56 bits per heavy atom. The Labute approximate surface area is 160 Å². The van der Waals surface area contributed by atoms with Crippen LogP contribution in [0.4, 0.5) is 5.69 Å². The smallest absolute Gasteiger partial charge is 0.254 e. The molecule has 0 aromatic heterocycles. The Morgan fingerprint density at radius 3 is 2.11 bits per heavy atom. The lowest BCUT2D eigenvalue weighted by Gasteiger charge is -2.19. The molecule has 2 amide bonds. The number of carbonyl (C=O) groups is 2. The zero-order valence-corrected chi connectivity index (χ0v) is 16.7. The lowest BCUT2D eigenvalue weighted by atomic mass is 10.1. The van der Waals surface area contributed by atoms with E-state index in [9.17, 15) is 9.59 Å². The summed E-state index contributed by atoms with van der Waals surface area (Å²) in [7, 11) is 4.63. The lowest BCUT2D eigenvalue weighted by Crippen LogP contribution is -2.35. The van der Waals surface area contributed by atoms with E-state index in [4.69, 9.17) is 9.47 Å². The monoisotopic (exact) mass is 370 g/mol. The molecule has 0 fully saturated rings. The summed E-state index contributed by atoms with van der Waals surface area (Å²) in [6, 6.07) is 8.94. The summed E-state index contributed by atoms with van der Waals surface area (Å²) in [6.07, 6.45) is 0. The van der Waals surface area contributed by atoms with E-state index in [1.807, 2.05) is 32.9 Å². The number of likely N-dealkylation sites (N-methyl/N-ethyl adjacent to an activating group) is 1. The molecule has 144 valence electrons. The van der Waals surface area contributed by atoms with Crippen LogP contribution < -0.4 is 14.8 Å². The minimum absolute atomic E-state index is 0.0556. The van der Waals surface area contributed by atoms with Crippen LogP contribution in [0, 0.1) is 20.8 Å². The molecule has 2 aromatic carbocycles. The van der Waals surface area contributed by atoms with Crippen molar-refractivity contribution in [1.29, 1.82) is 0 Å². The second-order valence-electron chi connectivity index (χ2n) is 6.55.